The van der Waals surface area contributed by atoms with Crippen molar-refractivity contribution in [2.45, 2.75) is 32.2 Å². The number of aryl methyl sites for hydroxylation is 1. The highest BCUT2D eigenvalue weighted by Crippen LogP contribution is 2.39. The molecular formula is C11H17N3O2. The second kappa shape index (κ2) is 3.90. The number of nitrogens with zero attached hydrogens (tertiary/aromatic N) is 1. The minimum atomic E-state index is -0.323. The molecule has 1 saturated carbocycles. The summed E-state index contributed by atoms with van der Waals surface area (Å²) in [5.74, 6) is 0.542. The minimum absolute atomic E-state index is 0.227. The number of carbonyl (C=O) groups is 1. The fraction of sp³-hybridized carbons (Fsp3) is 0.636. The normalized spacial score (nSPS) is 19.2. The molecule has 1 aromatic rings. The van der Waals surface area contributed by atoms with E-state index in [0.717, 1.165) is 18.4 Å². The SMILES string of the molecule is Cc1cnoc1C(=O)NC(C)(CN)C1CC1. The van der Waals surface area contributed by atoms with E-state index in [4.69, 9.17) is 10.3 Å². The summed E-state index contributed by atoms with van der Waals surface area (Å²) in [6, 6.07) is 0. The number of nitrogens with two attached hydrogens (primary N) is 1. The summed E-state index contributed by atoms with van der Waals surface area (Å²) in [6.07, 6.45) is 3.79. The van der Waals surface area contributed by atoms with Gasteiger partial charge in [-0.3, -0.25) is 4.79 Å². The van der Waals surface area contributed by atoms with Crippen LogP contribution in [0.2, 0.25) is 0 Å². The molecule has 5 nitrogen and oxygen atoms in total. The first-order valence-corrected chi connectivity index (χ1v) is 5.50. The van der Waals surface area contributed by atoms with Crippen LogP contribution in [0.25, 0.3) is 0 Å². The number of hydrogen-bond donors (Lipinski definition) is 2. The molecule has 1 amide bonds. The molecule has 0 saturated heterocycles. The second-order valence-corrected chi connectivity index (χ2v) is 4.69. The van der Waals surface area contributed by atoms with Crippen molar-refractivity contribution in [3.63, 3.8) is 0 Å². The zero-order valence-electron chi connectivity index (χ0n) is 9.62. The molecule has 0 bridgehead atoms. The number of rotatable bonds is 4. The molecule has 1 unspecified atom stereocenters. The Bertz CT molecular complexity index is 398. The summed E-state index contributed by atoms with van der Waals surface area (Å²) >= 11 is 0. The highest BCUT2D eigenvalue weighted by Gasteiger charge is 2.42. The summed E-state index contributed by atoms with van der Waals surface area (Å²) < 4.78 is 4.91. The average Bonchev–Trinajstić information content (AvgIpc) is 3.02. The smallest absolute Gasteiger partial charge is 0.290 e. The Morgan fingerprint density at radius 1 is 1.75 bits per heavy atom. The lowest BCUT2D eigenvalue weighted by Crippen LogP contribution is -2.53. The van der Waals surface area contributed by atoms with Crippen molar-refractivity contribution >= 4 is 5.91 Å². The predicted molar refractivity (Wildman–Crippen MR) is 58.9 cm³/mol. The highest BCUT2D eigenvalue weighted by atomic mass is 16.5. The van der Waals surface area contributed by atoms with E-state index in [1.807, 2.05) is 6.92 Å². The van der Waals surface area contributed by atoms with E-state index in [-0.39, 0.29) is 17.2 Å². The van der Waals surface area contributed by atoms with Gasteiger partial charge in [0.05, 0.1) is 11.7 Å². The van der Waals surface area contributed by atoms with Gasteiger partial charge in [-0.15, -0.1) is 0 Å². The topological polar surface area (TPSA) is 81.2 Å². The second-order valence-electron chi connectivity index (χ2n) is 4.69. The maximum Gasteiger partial charge on any atom is 0.290 e. The lowest BCUT2D eigenvalue weighted by Gasteiger charge is -2.28. The molecule has 1 aliphatic rings. The average molecular weight is 223 g/mol. The van der Waals surface area contributed by atoms with Crippen LogP contribution in [0.5, 0.6) is 0 Å². The van der Waals surface area contributed by atoms with Crippen LogP contribution in [0.3, 0.4) is 0 Å². The molecule has 0 radical (unpaired) electrons. The zero-order chi connectivity index (χ0) is 11.8. The maximum absolute atomic E-state index is 11.9. The van der Waals surface area contributed by atoms with Crippen LogP contribution in [0, 0.1) is 12.8 Å². The van der Waals surface area contributed by atoms with Crippen molar-refractivity contribution in [1.82, 2.24) is 10.5 Å². The van der Waals surface area contributed by atoms with Gasteiger partial charge in [0.25, 0.3) is 5.91 Å². The summed E-state index contributed by atoms with van der Waals surface area (Å²) in [5.41, 5.74) is 6.15. The third-order valence-corrected chi connectivity index (χ3v) is 3.26. The molecule has 5 heteroatoms. The number of hydrogen-bond acceptors (Lipinski definition) is 4. The van der Waals surface area contributed by atoms with Crippen LogP contribution in [0.4, 0.5) is 0 Å². The predicted octanol–water partition coefficient (Wildman–Crippen LogP) is 0.840. The Hall–Kier alpha value is -1.36. The van der Waals surface area contributed by atoms with Gasteiger partial charge < -0.3 is 15.6 Å². The van der Waals surface area contributed by atoms with Gasteiger partial charge >= 0.3 is 0 Å². The Kier molecular flexibility index (Phi) is 2.71. The van der Waals surface area contributed by atoms with Gasteiger partial charge in [-0.25, -0.2) is 0 Å². The molecule has 0 aliphatic heterocycles. The zero-order valence-corrected chi connectivity index (χ0v) is 9.62. The number of carbonyl (C=O) groups excluding carboxylic acids is 1. The summed E-state index contributed by atoms with van der Waals surface area (Å²) in [7, 11) is 0. The molecule has 0 aromatic carbocycles. The first-order chi connectivity index (χ1) is 7.57. The van der Waals surface area contributed by atoms with Crippen LogP contribution >= 0.6 is 0 Å². The molecule has 1 atom stereocenters. The highest BCUT2D eigenvalue weighted by molar-refractivity contribution is 5.93. The Morgan fingerprint density at radius 3 is 2.88 bits per heavy atom. The monoisotopic (exact) mass is 223 g/mol. The molecule has 1 heterocycles. The van der Waals surface area contributed by atoms with Crippen molar-refractivity contribution in [2.24, 2.45) is 11.7 Å². The molecule has 3 N–H and O–H groups in total. The van der Waals surface area contributed by atoms with Crippen molar-refractivity contribution in [3.05, 3.63) is 17.5 Å². The van der Waals surface area contributed by atoms with Crippen molar-refractivity contribution < 1.29 is 9.32 Å². The maximum atomic E-state index is 11.9. The largest absolute Gasteiger partial charge is 0.351 e. The van der Waals surface area contributed by atoms with Crippen LogP contribution in [-0.4, -0.2) is 23.1 Å². The van der Waals surface area contributed by atoms with E-state index >= 15 is 0 Å². The molecule has 1 fully saturated rings. The van der Waals surface area contributed by atoms with Gasteiger partial charge in [0, 0.05) is 12.1 Å². The van der Waals surface area contributed by atoms with E-state index < -0.39 is 0 Å². The van der Waals surface area contributed by atoms with Crippen LogP contribution < -0.4 is 11.1 Å². The minimum Gasteiger partial charge on any atom is -0.351 e. The van der Waals surface area contributed by atoms with Crippen LogP contribution in [-0.2, 0) is 0 Å². The van der Waals surface area contributed by atoms with E-state index in [1.165, 1.54) is 6.20 Å². The fourth-order valence-electron chi connectivity index (χ4n) is 1.87. The van der Waals surface area contributed by atoms with Gasteiger partial charge in [-0.1, -0.05) is 5.16 Å². The van der Waals surface area contributed by atoms with Gasteiger partial charge in [0.2, 0.25) is 5.76 Å². The van der Waals surface area contributed by atoms with Gasteiger partial charge in [0.15, 0.2) is 0 Å². The Balaban J connectivity index is 2.09. The first kappa shape index (κ1) is 11.1. The quantitative estimate of drug-likeness (QED) is 0.792. The van der Waals surface area contributed by atoms with Crippen molar-refractivity contribution in [1.29, 1.82) is 0 Å². The van der Waals surface area contributed by atoms with E-state index in [0.29, 0.717) is 12.5 Å². The lowest BCUT2D eigenvalue weighted by molar-refractivity contribution is 0.0859. The third kappa shape index (κ3) is 1.95. The van der Waals surface area contributed by atoms with Crippen molar-refractivity contribution in [2.75, 3.05) is 6.54 Å². The molecule has 1 aromatic heterocycles. The van der Waals surface area contributed by atoms with Gasteiger partial charge in [-0.2, -0.15) is 0 Å². The van der Waals surface area contributed by atoms with E-state index in [2.05, 4.69) is 10.5 Å². The first-order valence-electron chi connectivity index (χ1n) is 5.50. The molecule has 1 aliphatic carbocycles. The summed E-state index contributed by atoms with van der Waals surface area (Å²) in [4.78, 5) is 11.9. The molecule has 0 spiro atoms. The van der Waals surface area contributed by atoms with Crippen LogP contribution in [0.1, 0.15) is 35.9 Å². The molecule has 88 valence electrons. The number of aromatic nitrogens is 1. The molecule has 2 rings (SSSR count). The van der Waals surface area contributed by atoms with E-state index in [9.17, 15) is 4.79 Å². The Morgan fingerprint density at radius 2 is 2.44 bits per heavy atom. The molecular weight excluding hydrogens is 206 g/mol. The summed E-state index contributed by atoms with van der Waals surface area (Å²) in [5, 5.41) is 6.54. The third-order valence-electron chi connectivity index (χ3n) is 3.26. The number of nitrogens with one attached hydrogen (secondary N) is 1. The standard InChI is InChI=1S/C11H17N3O2/c1-7-5-13-16-9(7)10(15)14-11(2,6-12)8-3-4-8/h5,8H,3-4,6,12H2,1-2H3,(H,14,15). The van der Waals surface area contributed by atoms with Crippen LogP contribution in [0.15, 0.2) is 10.7 Å². The lowest BCUT2D eigenvalue weighted by atomic mass is 9.95. The van der Waals surface area contributed by atoms with E-state index in [1.54, 1.807) is 6.92 Å². The fourth-order valence-corrected chi connectivity index (χ4v) is 1.87. The van der Waals surface area contributed by atoms with Crippen molar-refractivity contribution in [3.8, 4) is 0 Å². The van der Waals surface area contributed by atoms with Gasteiger partial charge in [-0.05, 0) is 32.6 Å². The molecule has 16 heavy (non-hydrogen) atoms. The number of amides is 1. The Labute approximate surface area is 94.4 Å². The van der Waals surface area contributed by atoms with Gasteiger partial charge in [0.1, 0.15) is 0 Å². The summed E-state index contributed by atoms with van der Waals surface area (Å²) in [6.45, 7) is 4.22.